The summed E-state index contributed by atoms with van der Waals surface area (Å²) in [6, 6.07) is 8.84. The van der Waals surface area contributed by atoms with Crippen molar-refractivity contribution in [2.75, 3.05) is 51.2 Å². The van der Waals surface area contributed by atoms with Crippen LogP contribution in [0.4, 0.5) is 5.69 Å². The molecule has 2 N–H and O–H groups in total. The van der Waals surface area contributed by atoms with E-state index >= 15 is 0 Å². The van der Waals surface area contributed by atoms with E-state index in [1.807, 2.05) is 7.05 Å². The third-order valence-corrected chi connectivity index (χ3v) is 6.20. The van der Waals surface area contributed by atoms with Gasteiger partial charge in [-0.15, -0.1) is 0 Å². The number of aromatic nitrogens is 1. The molecule has 0 radical (unpaired) electrons. The topological polar surface area (TPSA) is 68.9 Å². The van der Waals surface area contributed by atoms with Crippen LogP contribution in [0.2, 0.25) is 0 Å². The van der Waals surface area contributed by atoms with Crippen molar-refractivity contribution in [3.63, 3.8) is 0 Å². The third kappa shape index (κ3) is 6.73. The van der Waals surface area contributed by atoms with Gasteiger partial charge in [-0.3, -0.25) is 9.89 Å². The molecule has 0 unspecified atom stereocenters. The van der Waals surface area contributed by atoms with Gasteiger partial charge < -0.3 is 20.1 Å². The lowest BCUT2D eigenvalue weighted by molar-refractivity contribution is 0.253. The maximum absolute atomic E-state index is 5.45. The molecule has 0 bridgehead atoms. The average molecular weight is 441 g/mol. The van der Waals surface area contributed by atoms with E-state index in [2.05, 4.69) is 75.6 Å². The Labute approximate surface area is 193 Å². The lowest BCUT2D eigenvalue weighted by atomic mass is 10.1. The summed E-state index contributed by atoms with van der Waals surface area (Å²) in [5.41, 5.74) is 4.89. The molecule has 0 amide bonds. The van der Waals surface area contributed by atoms with Gasteiger partial charge >= 0.3 is 0 Å². The lowest BCUT2D eigenvalue weighted by Gasteiger charge is -2.36. The quantitative estimate of drug-likeness (QED) is 0.335. The minimum Gasteiger partial charge on any atom is -0.369 e. The van der Waals surface area contributed by atoms with Gasteiger partial charge in [0.05, 0.1) is 5.69 Å². The molecule has 0 spiro atoms. The molecule has 1 fully saturated rings. The Morgan fingerprint density at radius 1 is 1.09 bits per heavy atom. The number of hydrogen-bond acceptors (Lipinski definition) is 5. The number of hydrogen-bond donors (Lipinski definition) is 2. The molecule has 1 aliphatic heterocycles. The SMILES string of the molecule is CCc1noc(CC)c1CNC(=NC)NCCCCN1CCN(c2cccc(C)c2)CC1. The number of nitrogens with zero attached hydrogens (tertiary/aromatic N) is 4. The molecule has 1 aromatic heterocycles. The highest BCUT2D eigenvalue weighted by atomic mass is 16.5. The summed E-state index contributed by atoms with van der Waals surface area (Å²) in [7, 11) is 1.82. The Morgan fingerprint density at radius 3 is 2.59 bits per heavy atom. The zero-order valence-electron chi connectivity index (χ0n) is 20.3. The predicted octanol–water partition coefficient (Wildman–Crippen LogP) is 3.38. The fourth-order valence-corrected chi connectivity index (χ4v) is 4.25. The molecular formula is C25H40N6O. The van der Waals surface area contributed by atoms with Crippen LogP contribution in [0.1, 0.15) is 49.3 Å². The number of benzene rings is 1. The van der Waals surface area contributed by atoms with E-state index in [4.69, 9.17) is 4.52 Å². The number of rotatable bonds is 10. The molecule has 1 saturated heterocycles. The number of unbranched alkanes of at least 4 members (excludes halogenated alkanes) is 1. The molecule has 0 atom stereocenters. The molecule has 0 aliphatic carbocycles. The van der Waals surface area contributed by atoms with E-state index in [1.165, 1.54) is 23.2 Å². The Morgan fingerprint density at radius 2 is 1.91 bits per heavy atom. The number of aryl methyl sites for hydroxylation is 3. The zero-order valence-corrected chi connectivity index (χ0v) is 20.3. The minimum atomic E-state index is 0.695. The molecule has 1 aliphatic rings. The van der Waals surface area contributed by atoms with Crippen LogP contribution in [-0.2, 0) is 19.4 Å². The second kappa shape index (κ2) is 12.5. The third-order valence-electron chi connectivity index (χ3n) is 6.20. The van der Waals surface area contributed by atoms with Crippen LogP contribution in [0.15, 0.2) is 33.8 Å². The Kier molecular flexibility index (Phi) is 9.41. The van der Waals surface area contributed by atoms with Gasteiger partial charge in [-0.2, -0.15) is 0 Å². The summed E-state index contributed by atoms with van der Waals surface area (Å²) in [4.78, 5) is 9.45. The Hall–Kier alpha value is -2.54. The molecule has 7 nitrogen and oxygen atoms in total. The van der Waals surface area contributed by atoms with Crippen molar-refractivity contribution in [1.29, 1.82) is 0 Å². The fraction of sp³-hybridized carbons (Fsp3) is 0.600. The van der Waals surface area contributed by atoms with Gasteiger partial charge in [0.25, 0.3) is 0 Å². The minimum absolute atomic E-state index is 0.695. The molecule has 32 heavy (non-hydrogen) atoms. The molecule has 176 valence electrons. The summed E-state index contributed by atoms with van der Waals surface area (Å²) in [5.74, 6) is 1.80. The highest BCUT2D eigenvalue weighted by Crippen LogP contribution is 2.18. The molecule has 3 rings (SSSR count). The first-order chi connectivity index (χ1) is 15.6. The first kappa shape index (κ1) is 24.1. The maximum Gasteiger partial charge on any atom is 0.191 e. The summed E-state index contributed by atoms with van der Waals surface area (Å²) in [5, 5.41) is 11.0. The molecule has 7 heteroatoms. The number of aliphatic imine (C=N–C) groups is 1. The smallest absolute Gasteiger partial charge is 0.191 e. The molecule has 2 aromatic rings. The van der Waals surface area contributed by atoms with Gasteiger partial charge in [-0.25, -0.2) is 0 Å². The van der Waals surface area contributed by atoms with E-state index in [0.717, 1.165) is 75.9 Å². The van der Waals surface area contributed by atoms with Crippen LogP contribution in [0.3, 0.4) is 0 Å². The van der Waals surface area contributed by atoms with Crippen LogP contribution in [0.25, 0.3) is 0 Å². The van der Waals surface area contributed by atoms with Crippen molar-refractivity contribution in [2.24, 2.45) is 4.99 Å². The van der Waals surface area contributed by atoms with E-state index < -0.39 is 0 Å². The summed E-state index contributed by atoms with van der Waals surface area (Å²) < 4.78 is 5.45. The first-order valence-electron chi connectivity index (χ1n) is 12.1. The van der Waals surface area contributed by atoms with Crippen LogP contribution in [0, 0.1) is 6.92 Å². The molecule has 1 aromatic carbocycles. The first-order valence-corrected chi connectivity index (χ1v) is 12.1. The highest BCUT2D eigenvalue weighted by Gasteiger charge is 2.17. The second-order valence-electron chi connectivity index (χ2n) is 8.47. The Bertz CT molecular complexity index is 832. The van der Waals surface area contributed by atoms with Crippen molar-refractivity contribution in [3.8, 4) is 0 Å². The van der Waals surface area contributed by atoms with Crippen molar-refractivity contribution in [2.45, 2.75) is 53.0 Å². The van der Waals surface area contributed by atoms with Crippen molar-refractivity contribution >= 4 is 11.6 Å². The average Bonchev–Trinajstić information content (AvgIpc) is 3.23. The highest BCUT2D eigenvalue weighted by molar-refractivity contribution is 5.79. The van der Waals surface area contributed by atoms with Gasteiger partial charge in [0.2, 0.25) is 0 Å². The van der Waals surface area contributed by atoms with E-state index in [0.29, 0.717) is 6.54 Å². The van der Waals surface area contributed by atoms with Crippen LogP contribution >= 0.6 is 0 Å². The van der Waals surface area contributed by atoms with Crippen molar-refractivity contribution < 1.29 is 4.52 Å². The summed E-state index contributed by atoms with van der Waals surface area (Å²) in [6.45, 7) is 13.7. The van der Waals surface area contributed by atoms with Crippen molar-refractivity contribution in [1.82, 2.24) is 20.7 Å². The van der Waals surface area contributed by atoms with Gasteiger partial charge in [0.1, 0.15) is 5.76 Å². The van der Waals surface area contributed by atoms with Crippen LogP contribution < -0.4 is 15.5 Å². The second-order valence-corrected chi connectivity index (χ2v) is 8.47. The van der Waals surface area contributed by atoms with E-state index in [9.17, 15) is 0 Å². The normalized spacial score (nSPS) is 15.2. The zero-order chi connectivity index (χ0) is 22.8. The standard InChI is InChI=1S/C25H40N6O/c1-5-23-22(24(6-2)32-29-23)19-28-25(26-4)27-12-7-8-13-30-14-16-31(17-15-30)21-11-9-10-20(3)18-21/h9-11,18H,5-8,12-17,19H2,1-4H3,(H2,26,27,28). The number of nitrogens with one attached hydrogen (secondary N) is 2. The van der Waals surface area contributed by atoms with Crippen LogP contribution in [0.5, 0.6) is 0 Å². The maximum atomic E-state index is 5.45. The monoisotopic (exact) mass is 440 g/mol. The van der Waals surface area contributed by atoms with Crippen LogP contribution in [-0.4, -0.2) is 62.3 Å². The predicted molar refractivity (Wildman–Crippen MR) is 133 cm³/mol. The van der Waals surface area contributed by atoms with Crippen molar-refractivity contribution in [3.05, 3.63) is 46.8 Å². The largest absolute Gasteiger partial charge is 0.369 e. The van der Waals surface area contributed by atoms with E-state index in [-0.39, 0.29) is 0 Å². The van der Waals surface area contributed by atoms with Gasteiger partial charge in [-0.05, 0) is 50.4 Å². The number of anilines is 1. The van der Waals surface area contributed by atoms with E-state index in [1.54, 1.807) is 0 Å². The van der Waals surface area contributed by atoms with Gasteiger partial charge in [-0.1, -0.05) is 31.1 Å². The van der Waals surface area contributed by atoms with Gasteiger partial charge in [0.15, 0.2) is 5.96 Å². The fourth-order valence-electron chi connectivity index (χ4n) is 4.25. The van der Waals surface area contributed by atoms with Gasteiger partial charge in [0, 0.05) is 64.0 Å². The lowest BCUT2D eigenvalue weighted by Crippen LogP contribution is -2.46. The summed E-state index contributed by atoms with van der Waals surface area (Å²) in [6.07, 6.45) is 4.06. The number of guanidine groups is 1. The molecule has 0 saturated carbocycles. The summed E-state index contributed by atoms with van der Waals surface area (Å²) >= 11 is 0. The molecular weight excluding hydrogens is 400 g/mol. The Balaban J connectivity index is 1.31. The molecule has 2 heterocycles. The number of piperazine rings is 1.